The number of urea groups is 1. The molecule has 0 radical (unpaired) electrons. The third-order valence-electron chi connectivity index (χ3n) is 5.56. The van der Waals surface area contributed by atoms with E-state index in [2.05, 4.69) is 38.8 Å². The number of rotatable bonds is 5. The lowest BCUT2D eigenvalue weighted by molar-refractivity contribution is -0.136. The highest BCUT2D eigenvalue weighted by Crippen LogP contribution is 2.36. The van der Waals surface area contributed by atoms with Crippen molar-refractivity contribution in [3.8, 4) is 0 Å². The number of anilines is 1. The zero-order chi connectivity index (χ0) is 21.2. The molecule has 0 atom stereocenters. The lowest BCUT2D eigenvalue weighted by Crippen LogP contribution is -2.50. The topological polar surface area (TPSA) is 108 Å². The molecule has 8 nitrogen and oxygen atoms in total. The van der Waals surface area contributed by atoms with Crippen LogP contribution in [0.3, 0.4) is 0 Å². The van der Waals surface area contributed by atoms with Gasteiger partial charge in [-0.2, -0.15) is 0 Å². The molecule has 1 saturated carbocycles. The van der Waals surface area contributed by atoms with Gasteiger partial charge < -0.3 is 16.0 Å². The molecule has 9 heteroatoms. The minimum absolute atomic E-state index is 0.250. The third-order valence-corrected chi connectivity index (χ3v) is 6.45. The number of nitrogens with one attached hydrogen (secondary N) is 3. The standard InChI is InChI=1S/C20H25BrN4O4/c1-12-5-7-20(8-6-12)18(28)25(19(29)24-20)11-17(27)22-10-16(26)23-14-3-4-15(21)13(2)9-14/h3-4,9,12H,5-8,10-11H2,1-2H3,(H,22,27)(H,23,26)(H,24,29). The molecule has 1 spiro atoms. The second kappa shape index (κ2) is 8.52. The number of nitrogens with zero attached hydrogens (tertiary/aromatic N) is 1. The van der Waals surface area contributed by atoms with Gasteiger partial charge in [0.25, 0.3) is 5.91 Å². The van der Waals surface area contributed by atoms with Gasteiger partial charge in [0.15, 0.2) is 0 Å². The smallest absolute Gasteiger partial charge is 0.325 e. The van der Waals surface area contributed by atoms with Gasteiger partial charge in [0.05, 0.1) is 6.54 Å². The Hall–Kier alpha value is -2.42. The quantitative estimate of drug-likeness (QED) is 0.580. The van der Waals surface area contributed by atoms with Crippen molar-refractivity contribution in [2.24, 2.45) is 5.92 Å². The zero-order valence-corrected chi connectivity index (χ0v) is 18.1. The molecule has 5 amide bonds. The highest BCUT2D eigenvalue weighted by molar-refractivity contribution is 9.10. The number of imide groups is 1. The van der Waals surface area contributed by atoms with Crippen molar-refractivity contribution in [2.75, 3.05) is 18.4 Å². The summed E-state index contributed by atoms with van der Waals surface area (Å²) in [6, 6.07) is 4.83. The molecule has 1 aliphatic heterocycles. The van der Waals surface area contributed by atoms with E-state index in [1.165, 1.54) is 0 Å². The summed E-state index contributed by atoms with van der Waals surface area (Å²) in [6.07, 6.45) is 2.90. The summed E-state index contributed by atoms with van der Waals surface area (Å²) < 4.78 is 0.933. The van der Waals surface area contributed by atoms with Crippen LogP contribution in [0.5, 0.6) is 0 Å². The van der Waals surface area contributed by atoms with E-state index in [-0.39, 0.29) is 12.5 Å². The predicted molar refractivity (Wildman–Crippen MR) is 111 cm³/mol. The summed E-state index contributed by atoms with van der Waals surface area (Å²) in [4.78, 5) is 50.2. The van der Waals surface area contributed by atoms with Crippen LogP contribution in [0.1, 0.15) is 38.2 Å². The van der Waals surface area contributed by atoms with Crippen LogP contribution in [0.15, 0.2) is 22.7 Å². The molecule has 0 bridgehead atoms. The molecule has 1 aromatic carbocycles. The fourth-order valence-corrected chi connectivity index (χ4v) is 3.97. The van der Waals surface area contributed by atoms with Crippen LogP contribution in [0.4, 0.5) is 10.5 Å². The van der Waals surface area contributed by atoms with Crippen molar-refractivity contribution in [3.63, 3.8) is 0 Å². The number of hydrogen-bond acceptors (Lipinski definition) is 4. The molecule has 1 saturated heterocycles. The van der Waals surface area contributed by atoms with E-state index in [0.717, 1.165) is 27.8 Å². The van der Waals surface area contributed by atoms with Crippen LogP contribution in [0.2, 0.25) is 0 Å². The van der Waals surface area contributed by atoms with Crippen molar-refractivity contribution in [1.82, 2.24) is 15.5 Å². The van der Waals surface area contributed by atoms with Crippen LogP contribution < -0.4 is 16.0 Å². The number of amides is 5. The van der Waals surface area contributed by atoms with Crippen LogP contribution in [0, 0.1) is 12.8 Å². The molecule has 3 rings (SSSR count). The van der Waals surface area contributed by atoms with Gasteiger partial charge in [0.2, 0.25) is 11.8 Å². The van der Waals surface area contributed by atoms with Crippen LogP contribution in [0.25, 0.3) is 0 Å². The van der Waals surface area contributed by atoms with Gasteiger partial charge in [0.1, 0.15) is 12.1 Å². The summed E-state index contributed by atoms with van der Waals surface area (Å²) in [5, 5.41) is 7.93. The minimum Gasteiger partial charge on any atom is -0.345 e. The lowest BCUT2D eigenvalue weighted by atomic mass is 9.77. The first-order valence-electron chi connectivity index (χ1n) is 9.67. The summed E-state index contributed by atoms with van der Waals surface area (Å²) in [5.74, 6) is -0.776. The second-order valence-corrected chi connectivity index (χ2v) is 8.73. The Labute approximate surface area is 177 Å². The predicted octanol–water partition coefficient (Wildman–Crippen LogP) is 2.31. The van der Waals surface area contributed by atoms with E-state index in [9.17, 15) is 19.2 Å². The Kier molecular flexibility index (Phi) is 6.26. The zero-order valence-electron chi connectivity index (χ0n) is 16.5. The largest absolute Gasteiger partial charge is 0.345 e. The van der Waals surface area contributed by atoms with E-state index >= 15 is 0 Å². The Morgan fingerprint density at radius 3 is 2.59 bits per heavy atom. The van der Waals surface area contributed by atoms with Gasteiger partial charge in [-0.25, -0.2) is 4.79 Å². The molecule has 29 heavy (non-hydrogen) atoms. The van der Waals surface area contributed by atoms with Crippen LogP contribution in [-0.2, 0) is 14.4 Å². The Balaban J connectivity index is 1.50. The van der Waals surface area contributed by atoms with E-state index in [4.69, 9.17) is 0 Å². The average molecular weight is 465 g/mol. The molecule has 2 aliphatic rings. The molecular weight excluding hydrogens is 440 g/mol. The molecule has 156 valence electrons. The summed E-state index contributed by atoms with van der Waals surface area (Å²) in [7, 11) is 0. The third kappa shape index (κ3) is 4.77. The molecule has 1 heterocycles. The van der Waals surface area contributed by atoms with Crippen LogP contribution in [-0.4, -0.2) is 47.3 Å². The molecule has 2 fully saturated rings. The first-order valence-corrected chi connectivity index (χ1v) is 10.5. The van der Waals surface area contributed by atoms with E-state index < -0.39 is 29.9 Å². The van der Waals surface area contributed by atoms with E-state index in [1.54, 1.807) is 6.07 Å². The van der Waals surface area contributed by atoms with Crippen molar-refractivity contribution in [1.29, 1.82) is 0 Å². The van der Waals surface area contributed by atoms with Crippen molar-refractivity contribution in [2.45, 2.75) is 45.1 Å². The maximum absolute atomic E-state index is 12.8. The second-order valence-electron chi connectivity index (χ2n) is 7.87. The minimum atomic E-state index is -0.874. The first kappa shape index (κ1) is 21.3. The molecule has 0 unspecified atom stereocenters. The van der Waals surface area contributed by atoms with Gasteiger partial charge in [-0.15, -0.1) is 0 Å². The number of benzene rings is 1. The monoisotopic (exact) mass is 464 g/mol. The Bertz CT molecular complexity index is 849. The summed E-state index contributed by atoms with van der Waals surface area (Å²) in [6.45, 7) is 3.38. The fourth-order valence-electron chi connectivity index (χ4n) is 3.72. The Morgan fingerprint density at radius 1 is 1.24 bits per heavy atom. The van der Waals surface area contributed by atoms with Crippen molar-refractivity contribution in [3.05, 3.63) is 28.2 Å². The first-order chi connectivity index (χ1) is 13.7. The normalized spacial score (nSPS) is 23.8. The van der Waals surface area contributed by atoms with Crippen molar-refractivity contribution < 1.29 is 19.2 Å². The van der Waals surface area contributed by atoms with Gasteiger partial charge >= 0.3 is 6.03 Å². The molecule has 1 aromatic rings. The fraction of sp³-hybridized carbons (Fsp3) is 0.500. The van der Waals surface area contributed by atoms with E-state index in [1.807, 2.05) is 19.1 Å². The van der Waals surface area contributed by atoms with Gasteiger partial charge in [-0.1, -0.05) is 22.9 Å². The SMILES string of the molecule is Cc1cc(NC(=O)CNC(=O)CN2C(=O)NC3(CCC(C)CC3)C2=O)ccc1Br. The molecule has 1 aliphatic carbocycles. The maximum Gasteiger partial charge on any atom is 0.325 e. The highest BCUT2D eigenvalue weighted by Gasteiger charge is 2.52. The maximum atomic E-state index is 12.8. The highest BCUT2D eigenvalue weighted by atomic mass is 79.9. The average Bonchev–Trinajstić information content (AvgIpc) is 2.90. The number of hydrogen-bond donors (Lipinski definition) is 3. The summed E-state index contributed by atoms with van der Waals surface area (Å²) >= 11 is 3.39. The number of carbonyl (C=O) groups excluding carboxylic acids is 4. The number of halogens is 1. The number of carbonyl (C=O) groups is 4. The van der Waals surface area contributed by atoms with E-state index in [0.29, 0.717) is 24.4 Å². The number of aryl methyl sites for hydroxylation is 1. The molecular formula is C20H25BrN4O4. The molecule has 0 aromatic heterocycles. The Morgan fingerprint density at radius 2 is 1.93 bits per heavy atom. The van der Waals surface area contributed by atoms with Gasteiger partial charge in [0, 0.05) is 10.2 Å². The lowest BCUT2D eigenvalue weighted by Gasteiger charge is -2.33. The van der Waals surface area contributed by atoms with Gasteiger partial charge in [-0.3, -0.25) is 19.3 Å². The van der Waals surface area contributed by atoms with Crippen LogP contribution >= 0.6 is 15.9 Å². The van der Waals surface area contributed by atoms with Gasteiger partial charge in [-0.05, 0) is 62.3 Å². The molecule has 3 N–H and O–H groups in total. The summed E-state index contributed by atoms with van der Waals surface area (Å²) in [5.41, 5.74) is 0.713. The van der Waals surface area contributed by atoms with Crippen molar-refractivity contribution >= 4 is 45.4 Å².